The van der Waals surface area contributed by atoms with E-state index in [1.807, 2.05) is 0 Å². The topological polar surface area (TPSA) is 8.17 Å². The van der Waals surface area contributed by atoms with Crippen LogP contribution >= 0.6 is 0 Å². The summed E-state index contributed by atoms with van der Waals surface area (Å²) in [4.78, 5) is 2.44. The van der Waals surface area contributed by atoms with Crippen molar-refractivity contribution < 1.29 is 0 Å². The van der Waals surface area contributed by atoms with Gasteiger partial charge in [-0.2, -0.15) is 0 Å². The van der Waals surface area contributed by atoms with Crippen molar-refractivity contribution in [1.82, 2.24) is 4.57 Å². The Labute approximate surface area is 360 Å². The van der Waals surface area contributed by atoms with E-state index in [1.165, 1.54) is 105 Å². The van der Waals surface area contributed by atoms with E-state index in [2.05, 4.69) is 240 Å². The molecule has 0 saturated carbocycles. The van der Waals surface area contributed by atoms with E-state index in [0.717, 1.165) is 17.1 Å². The van der Waals surface area contributed by atoms with E-state index in [9.17, 15) is 0 Å². The van der Waals surface area contributed by atoms with Crippen LogP contribution in [0.5, 0.6) is 0 Å². The predicted octanol–water partition coefficient (Wildman–Crippen LogP) is 16.0. The Kier molecular flexibility index (Phi) is 7.64. The molecule has 0 atom stereocenters. The summed E-state index contributed by atoms with van der Waals surface area (Å²) in [6, 6.07) is 84.8. The van der Waals surface area contributed by atoms with Crippen molar-refractivity contribution >= 4 is 60.8 Å². The van der Waals surface area contributed by atoms with Crippen molar-refractivity contribution in [2.75, 3.05) is 4.90 Å². The molecule has 0 amide bonds. The maximum atomic E-state index is 2.44. The Morgan fingerprint density at radius 2 is 0.758 bits per heavy atom. The minimum atomic E-state index is 1.10. The molecule has 0 bridgehead atoms. The lowest BCUT2D eigenvalue weighted by Crippen LogP contribution is -2.10. The van der Waals surface area contributed by atoms with Crippen LogP contribution in [0.1, 0.15) is 22.3 Å². The minimum Gasteiger partial charge on any atom is -0.310 e. The first-order chi connectivity index (χ1) is 30.8. The molecule has 0 aliphatic heterocycles. The van der Waals surface area contributed by atoms with Gasteiger partial charge < -0.3 is 9.47 Å². The fourth-order valence-corrected chi connectivity index (χ4v) is 10.4. The van der Waals surface area contributed by atoms with Gasteiger partial charge in [0.25, 0.3) is 0 Å². The van der Waals surface area contributed by atoms with Crippen LogP contribution in [0.15, 0.2) is 231 Å². The first-order valence-corrected chi connectivity index (χ1v) is 21.4. The van der Waals surface area contributed by atoms with Gasteiger partial charge in [0.05, 0.1) is 16.7 Å². The average Bonchev–Trinajstić information content (AvgIpc) is 3.97. The fraction of sp³-hybridized carbons (Fsp3) is 0. The highest BCUT2D eigenvalue weighted by atomic mass is 15.1. The van der Waals surface area contributed by atoms with Crippen molar-refractivity contribution in [3.05, 3.63) is 253 Å². The third-order valence-corrected chi connectivity index (χ3v) is 13.1. The lowest BCUT2D eigenvalue weighted by Gasteiger charge is -2.27. The van der Waals surface area contributed by atoms with Gasteiger partial charge in [-0.05, 0) is 127 Å². The van der Waals surface area contributed by atoms with Gasteiger partial charge in [0.1, 0.15) is 0 Å². The number of rotatable bonds is 5. The number of nitrogens with zero attached hydrogens (tertiary/aromatic N) is 2. The zero-order valence-electron chi connectivity index (χ0n) is 33.8. The first kappa shape index (κ1) is 34.6. The van der Waals surface area contributed by atoms with Gasteiger partial charge in [-0.25, -0.2) is 0 Å². The predicted molar refractivity (Wildman–Crippen MR) is 261 cm³/mol. The van der Waals surface area contributed by atoms with Crippen LogP contribution < -0.4 is 4.90 Å². The second kappa shape index (κ2) is 13.7. The summed E-state index contributed by atoms with van der Waals surface area (Å²) in [7, 11) is 0. The Balaban J connectivity index is 1.05. The molecule has 0 unspecified atom stereocenters. The SMILES string of the molecule is c1ccc(-c2ccc(N(c3ccc4c(c3)C(=C3c5ccccc5-c5ccccc53)c3ccccc3-4)c3ccc4c(c3)c3ccccc3n4-c3cccc4ccccc34)cc2)cc1. The summed E-state index contributed by atoms with van der Waals surface area (Å²) in [6.07, 6.45) is 0. The number of anilines is 3. The Hall–Kier alpha value is -8.20. The zero-order chi connectivity index (χ0) is 40.7. The summed E-state index contributed by atoms with van der Waals surface area (Å²) < 4.78 is 2.44. The molecule has 11 aromatic rings. The Bertz CT molecular complexity index is 3570. The molecule has 0 fully saturated rings. The van der Waals surface area contributed by atoms with Crippen molar-refractivity contribution in [2.45, 2.75) is 0 Å². The van der Waals surface area contributed by atoms with Crippen molar-refractivity contribution in [3.8, 4) is 39.1 Å². The van der Waals surface area contributed by atoms with Crippen molar-refractivity contribution in [2.24, 2.45) is 0 Å². The molecule has 1 aromatic heterocycles. The van der Waals surface area contributed by atoms with Crippen LogP contribution in [0.2, 0.25) is 0 Å². The molecular weight excluding hydrogens is 749 g/mol. The smallest absolute Gasteiger partial charge is 0.0542 e. The van der Waals surface area contributed by atoms with Crippen LogP contribution in [0.4, 0.5) is 17.1 Å². The van der Waals surface area contributed by atoms with Gasteiger partial charge in [0.15, 0.2) is 0 Å². The largest absolute Gasteiger partial charge is 0.310 e. The highest BCUT2D eigenvalue weighted by molar-refractivity contribution is 6.19. The highest BCUT2D eigenvalue weighted by Gasteiger charge is 2.33. The number of para-hydroxylation sites is 1. The Morgan fingerprint density at radius 3 is 1.47 bits per heavy atom. The van der Waals surface area contributed by atoms with Crippen LogP contribution in [-0.4, -0.2) is 4.57 Å². The molecular formula is C60H38N2. The average molecular weight is 787 g/mol. The van der Waals surface area contributed by atoms with E-state index in [-0.39, 0.29) is 0 Å². The van der Waals surface area contributed by atoms with Gasteiger partial charge in [-0.1, -0.05) is 176 Å². The third kappa shape index (κ3) is 5.17. The summed E-state index contributed by atoms with van der Waals surface area (Å²) >= 11 is 0. The third-order valence-electron chi connectivity index (χ3n) is 13.1. The highest BCUT2D eigenvalue weighted by Crippen LogP contribution is 2.55. The van der Waals surface area contributed by atoms with Crippen LogP contribution in [-0.2, 0) is 0 Å². The molecule has 0 saturated heterocycles. The van der Waals surface area contributed by atoms with Gasteiger partial charge >= 0.3 is 0 Å². The summed E-state index contributed by atoms with van der Waals surface area (Å²) in [6.45, 7) is 0. The number of hydrogen-bond acceptors (Lipinski definition) is 1. The van der Waals surface area contributed by atoms with E-state index in [4.69, 9.17) is 0 Å². The van der Waals surface area contributed by atoms with E-state index >= 15 is 0 Å². The maximum Gasteiger partial charge on any atom is 0.0542 e. The van der Waals surface area contributed by atoms with E-state index < -0.39 is 0 Å². The number of fused-ring (bicyclic) bond motifs is 10. The molecule has 10 aromatic carbocycles. The second-order valence-electron chi connectivity index (χ2n) is 16.4. The van der Waals surface area contributed by atoms with E-state index in [1.54, 1.807) is 0 Å². The normalized spacial score (nSPS) is 12.5. The first-order valence-electron chi connectivity index (χ1n) is 21.4. The van der Waals surface area contributed by atoms with Crippen LogP contribution in [0.25, 0.3) is 82.8 Å². The molecule has 2 nitrogen and oxygen atoms in total. The van der Waals surface area contributed by atoms with Gasteiger partial charge in [0, 0.05) is 33.2 Å². The van der Waals surface area contributed by atoms with E-state index in [0.29, 0.717) is 0 Å². The molecule has 13 rings (SSSR count). The number of aromatic nitrogens is 1. The number of benzene rings is 10. The molecule has 1 heterocycles. The molecule has 62 heavy (non-hydrogen) atoms. The van der Waals surface area contributed by atoms with Crippen molar-refractivity contribution in [1.29, 1.82) is 0 Å². The molecule has 0 N–H and O–H groups in total. The molecule has 0 spiro atoms. The van der Waals surface area contributed by atoms with Crippen molar-refractivity contribution in [3.63, 3.8) is 0 Å². The molecule has 2 aliphatic rings. The van der Waals surface area contributed by atoms with Gasteiger partial charge in [0.2, 0.25) is 0 Å². The standard InChI is InChI=1S/C60H38N2/c1-2-15-39(16-3-1)40-29-31-42(32-30-40)61(44-34-36-58-54(37-44)50-23-12-13-27-57(50)62(58)56-28-14-18-41-17-4-5-19-45(41)56)43-33-35-49-48-22-8-11-26-53(48)60(55(49)38-43)59-51-24-9-6-20-46(51)47-21-7-10-25-52(47)59/h1-38H. The summed E-state index contributed by atoms with van der Waals surface area (Å²) in [5, 5.41) is 4.91. The summed E-state index contributed by atoms with van der Waals surface area (Å²) in [5.41, 5.74) is 22.1. The zero-order valence-corrected chi connectivity index (χ0v) is 33.8. The monoisotopic (exact) mass is 786 g/mol. The molecule has 0 radical (unpaired) electrons. The van der Waals surface area contributed by atoms with Gasteiger partial charge in [-0.15, -0.1) is 0 Å². The minimum absolute atomic E-state index is 1.10. The fourth-order valence-electron chi connectivity index (χ4n) is 10.4. The molecule has 2 aliphatic carbocycles. The lowest BCUT2D eigenvalue weighted by molar-refractivity contribution is 1.20. The summed E-state index contributed by atoms with van der Waals surface area (Å²) in [5.74, 6) is 0. The second-order valence-corrected chi connectivity index (χ2v) is 16.4. The molecule has 2 heteroatoms. The lowest BCUT2D eigenvalue weighted by atomic mass is 9.91. The molecule has 288 valence electrons. The quantitative estimate of drug-likeness (QED) is 0.169. The number of hydrogen-bond donors (Lipinski definition) is 0. The maximum absolute atomic E-state index is 2.44. The van der Waals surface area contributed by atoms with Gasteiger partial charge in [-0.3, -0.25) is 0 Å². The Morgan fingerprint density at radius 1 is 0.274 bits per heavy atom. The van der Waals surface area contributed by atoms with Crippen LogP contribution in [0, 0.1) is 0 Å². The van der Waals surface area contributed by atoms with Crippen LogP contribution in [0.3, 0.4) is 0 Å².